The quantitative estimate of drug-likeness (QED) is 0.516. The van der Waals surface area contributed by atoms with Crippen LogP contribution in [0.1, 0.15) is 6.92 Å². The summed E-state index contributed by atoms with van der Waals surface area (Å²) in [4.78, 5) is 16.3. The van der Waals surface area contributed by atoms with Gasteiger partial charge in [0.2, 0.25) is 5.91 Å². The van der Waals surface area contributed by atoms with Crippen LogP contribution in [0.4, 0.5) is 0 Å². The standard InChI is InChI=1S/C6H10N2OS/c1-5(9)7-6-8(2)3-4-10-6/h3-4H2,1-2H3. The van der Waals surface area contributed by atoms with Gasteiger partial charge in [0.15, 0.2) is 5.17 Å². The molecule has 0 aromatic rings. The molecular formula is C6H10N2OS. The molecule has 1 rings (SSSR count). The van der Waals surface area contributed by atoms with Crippen LogP contribution in [0.2, 0.25) is 0 Å². The summed E-state index contributed by atoms with van der Waals surface area (Å²) < 4.78 is 0. The molecule has 0 aromatic carbocycles. The highest BCUT2D eigenvalue weighted by atomic mass is 32.2. The van der Waals surface area contributed by atoms with E-state index in [0.717, 1.165) is 17.5 Å². The Kier molecular flexibility index (Phi) is 2.32. The molecule has 0 aromatic heterocycles. The van der Waals surface area contributed by atoms with Crippen molar-refractivity contribution in [3.05, 3.63) is 0 Å². The van der Waals surface area contributed by atoms with Crippen molar-refractivity contribution in [1.82, 2.24) is 4.90 Å². The molecule has 3 nitrogen and oxygen atoms in total. The van der Waals surface area contributed by atoms with E-state index in [0.29, 0.717) is 0 Å². The van der Waals surface area contributed by atoms with Crippen LogP contribution in [-0.4, -0.2) is 35.3 Å². The first-order chi connectivity index (χ1) is 4.70. The molecule has 0 atom stereocenters. The second kappa shape index (κ2) is 3.05. The van der Waals surface area contributed by atoms with Gasteiger partial charge in [-0.15, -0.1) is 0 Å². The van der Waals surface area contributed by atoms with Crippen molar-refractivity contribution in [3.63, 3.8) is 0 Å². The summed E-state index contributed by atoms with van der Waals surface area (Å²) in [5.41, 5.74) is 0. The molecule has 56 valence electrons. The van der Waals surface area contributed by atoms with E-state index in [9.17, 15) is 4.79 Å². The molecule has 1 amide bonds. The Morgan fingerprint density at radius 3 is 2.90 bits per heavy atom. The fourth-order valence-corrected chi connectivity index (χ4v) is 1.78. The smallest absolute Gasteiger partial charge is 0.244 e. The highest BCUT2D eigenvalue weighted by molar-refractivity contribution is 8.14. The van der Waals surface area contributed by atoms with Crippen molar-refractivity contribution in [3.8, 4) is 0 Å². The minimum absolute atomic E-state index is 0.115. The van der Waals surface area contributed by atoms with Crippen molar-refractivity contribution in [2.75, 3.05) is 19.3 Å². The van der Waals surface area contributed by atoms with Crippen LogP contribution in [0.15, 0.2) is 4.99 Å². The lowest BCUT2D eigenvalue weighted by Crippen LogP contribution is -2.18. The van der Waals surface area contributed by atoms with Crippen LogP contribution in [0.25, 0.3) is 0 Å². The molecule has 0 saturated carbocycles. The van der Waals surface area contributed by atoms with Gasteiger partial charge in [0.1, 0.15) is 0 Å². The average molecular weight is 158 g/mol. The van der Waals surface area contributed by atoms with Gasteiger partial charge in [-0.1, -0.05) is 11.8 Å². The molecule has 1 aliphatic heterocycles. The summed E-state index contributed by atoms with van der Waals surface area (Å²) in [5, 5.41) is 0.854. The molecule has 0 aliphatic carbocycles. The normalized spacial score (nSPS) is 22.2. The summed E-state index contributed by atoms with van der Waals surface area (Å²) in [6, 6.07) is 0. The van der Waals surface area contributed by atoms with Crippen molar-refractivity contribution in [2.45, 2.75) is 6.92 Å². The van der Waals surface area contributed by atoms with Gasteiger partial charge in [0, 0.05) is 26.3 Å². The zero-order valence-corrected chi connectivity index (χ0v) is 6.94. The van der Waals surface area contributed by atoms with Gasteiger partial charge in [-0.05, 0) is 0 Å². The lowest BCUT2D eigenvalue weighted by molar-refractivity contribution is -0.115. The minimum Gasteiger partial charge on any atom is -0.353 e. The molecule has 10 heavy (non-hydrogen) atoms. The monoisotopic (exact) mass is 158 g/mol. The van der Waals surface area contributed by atoms with Gasteiger partial charge in [-0.25, -0.2) is 0 Å². The number of amides is 1. The molecule has 4 heteroatoms. The van der Waals surface area contributed by atoms with Gasteiger partial charge in [-0.2, -0.15) is 4.99 Å². The number of nitrogens with zero attached hydrogens (tertiary/aromatic N) is 2. The Balaban J connectivity index is 2.62. The van der Waals surface area contributed by atoms with E-state index in [2.05, 4.69) is 4.99 Å². The Bertz CT molecular complexity index is 179. The summed E-state index contributed by atoms with van der Waals surface area (Å²) in [7, 11) is 1.95. The first-order valence-electron chi connectivity index (χ1n) is 3.13. The Hall–Kier alpha value is -0.510. The molecule has 0 spiro atoms. The Labute approximate surface area is 64.5 Å². The molecular weight excluding hydrogens is 148 g/mol. The fraction of sp³-hybridized carbons (Fsp3) is 0.667. The van der Waals surface area contributed by atoms with Crippen LogP contribution < -0.4 is 0 Å². The van der Waals surface area contributed by atoms with E-state index in [-0.39, 0.29) is 5.91 Å². The number of hydrogen-bond acceptors (Lipinski definition) is 2. The van der Waals surface area contributed by atoms with Crippen molar-refractivity contribution in [2.24, 2.45) is 4.99 Å². The molecule has 1 aliphatic rings. The van der Waals surface area contributed by atoms with E-state index in [4.69, 9.17) is 0 Å². The summed E-state index contributed by atoms with van der Waals surface area (Å²) in [6.45, 7) is 2.47. The molecule has 0 bridgehead atoms. The average Bonchev–Trinajstić information content (AvgIpc) is 2.15. The minimum atomic E-state index is -0.115. The fourth-order valence-electron chi connectivity index (χ4n) is 0.732. The number of thioether (sulfide) groups is 1. The first-order valence-corrected chi connectivity index (χ1v) is 4.12. The molecule has 0 N–H and O–H groups in total. The highest BCUT2D eigenvalue weighted by Crippen LogP contribution is 2.15. The lowest BCUT2D eigenvalue weighted by Gasteiger charge is -2.07. The number of rotatable bonds is 0. The predicted octanol–water partition coefficient (Wildman–Crippen LogP) is 0.568. The van der Waals surface area contributed by atoms with Gasteiger partial charge < -0.3 is 4.90 Å². The zero-order valence-electron chi connectivity index (χ0n) is 6.13. The van der Waals surface area contributed by atoms with Crippen molar-refractivity contribution in [1.29, 1.82) is 0 Å². The zero-order chi connectivity index (χ0) is 7.56. The number of aliphatic imine (C=N–C) groups is 1. The summed E-state index contributed by atoms with van der Waals surface area (Å²) >= 11 is 1.63. The number of hydrogen-bond donors (Lipinski definition) is 0. The Morgan fingerprint density at radius 2 is 2.50 bits per heavy atom. The second-order valence-corrected chi connectivity index (χ2v) is 3.25. The van der Waals surface area contributed by atoms with Gasteiger partial charge in [0.05, 0.1) is 0 Å². The van der Waals surface area contributed by atoms with Crippen molar-refractivity contribution < 1.29 is 4.79 Å². The third-order valence-corrected chi connectivity index (χ3v) is 2.29. The van der Waals surface area contributed by atoms with Gasteiger partial charge >= 0.3 is 0 Å². The third-order valence-electron chi connectivity index (χ3n) is 1.24. The van der Waals surface area contributed by atoms with E-state index in [1.54, 1.807) is 11.8 Å². The molecule has 1 heterocycles. The molecule has 1 fully saturated rings. The summed E-state index contributed by atoms with van der Waals surface area (Å²) in [5.74, 6) is 0.930. The number of amidine groups is 1. The molecule has 0 radical (unpaired) electrons. The maximum atomic E-state index is 10.5. The van der Waals surface area contributed by atoms with Gasteiger partial charge in [0.25, 0.3) is 0 Å². The van der Waals surface area contributed by atoms with Crippen molar-refractivity contribution >= 4 is 22.8 Å². The third kappa shape index (κ3) is 1.73. The largest absolute Gasteiger partial charge is 0.353 e. The SMILES string of the molecule is CC(=O)N=C1SCCN1C. The van der Waals surface area contributed by atoms with Crippen LogP contribution in [0, 0.1) is 0 Å². The van der Waals surface area contributed by atoms with Crippen LogP contribution in [0.3, 0.4) is 0 Å². The molecule has 1 saturated heterocycles. The Morgan fingerprint density at radius 1 is 1.80 bits per heavy atom. The maximum Gasteiger partial charge on any atom is 0.244 e. The maximum absolute atomic E-state index is 10.5. The van der Waals surface area contributed by atoms with E-state index >= 15 is 0 Å². The number of carbonyl (C=O) groups is 1. The highest BCUT2D eigenvalue weighted by Gasteiger charge is 2.14. The topological polar surface area (TPSA) is 32.7 Å². The molecule has 0 unspecified atom stereocenters. The van der Waals surface area contributed by atoms with E-state index in [1.807, 2.05) is 11.9 Å². The number of carbonyl (C=O) groups excluding carboxylic acids is 1. The second-order valence-electron chi connectivity index (χ2n) is 2.18. The van der Waals surface area contributed by atoms with E-state index in [1.165, 1.54) is 6.92 Å². The van der Waals surface area contributed by atoms with Crippen LogP contribution in [-0.2, 0) is 4.79 Å². The lowest BCUT2D eigenvalue weighted by atomic mass is 10.7. The first kappa shape index (κ1) is 7.60. The predicted molar refractivity (Wildman–Crippen MR) is 43.2 cm³/mol. The van der Waals surface area contributed by atoms with E-state index < -0.39 is 0 Å². The summed E-state index contributed by atoms with van der Waals surface area (Å²) in [6.07, 6.45) is 0. The van der Waals surface area contributed by atoms with Crippen LogP contribution in [0.5, 0.6) is 0 Å². The van der Waals surface area contributed by atoms with Gasteiger partial charge in [-0.3, -0.25) is 4.79 Å². The van der Waals surface area contributed by atoms with Crippen LogP contribution >= 0.6 is 11.8 Å².